The Morgan fingerprint density at radius 3 is 1.65 bits per heavy atom. The molecule has 0 saturated carbocycles. The molecule has 3 rings (SSSR count). The molecule has 0 aliphatic carbocycles. The fourth-order valence-electron chi connectivity index (χ4n) is 3.45. The van der Waals surface area contributed by atoms with Crippen molar-refractivity contribution < 1.29 is 0 Å². The van der Waals surface area contributed by atoms with E-state index in [9.17, 15) is 0 Å². The molecule has 164 valence electrons. The first kappa shape index (κ1) is 25.4. The van der Waals surface area contributed by atoms with Gasteiger partial charge in [0.25, 0.3) is 0 Å². The Hall–Kier alpha value is -1.89. The fraction of sp³-hybridized carbons (Fsp3) is 0.320. The first-order valence-corrected chi connectivity index (χ1v) is 12.1. The molecule has 0 spiro atoms. The maximum Gasteiger partial charge on any atom is 0.115 e. The number of benzene rings is 2. The van der Waals surface area contributed by atoms with Crippen LogP contribution in [0, 0.1) is 41.5 Å². The average Bonchev–Trinajstić information content (AvgIpc) is 2.71. The van der Waals surface area contributed by atoms with Gasteiger partial charge in [-0.2, -0.15) is 12.6 Å². The minimum atomic E-state index is 0.671. The molecule has 1 N–H and O–H groups in total. The van der Waals surface area contributed by atoms with Gasteiger partial charge in [-0.15, -0.1) is 0 Å². The van der Waals surface area contributed by atoms with E-state index in [1.54, 1.807) is 12.4 Å². The zero-order valence-corrected chi connectivity index (χ0v) is 21.6. The molecule has 0 aliphatic heterocycles. The zero-order chi connectivity index (χ0) is 23.0. The van der Waals surface area contributed by atoms with Crippen molar-refractivity contribution >= 4 is 41.6 Å². The largest absolute Gasteiger partial charge is 0.375 e. The van der Waals surface area contributed by atoms with Gasteiger partial charge in [0, 0.05) is 40.0 Å². The molecule has 6 heteroatoms. The van der Waals surface area contributed by atoms with Crippen LogP contribution in [-0.2, 0) is 0 Å². The Bertz CT molecular complexity index is 932. The molecule has 31 heavy (non-hydrogen) atoms. The van der Waals surface area contributed by atoms with E-state index in [4.69, 9.17) is 12.2 Å². The number of nitrogens with one attached hydrogen (secondary N) is 1. The van der Waals surface area contributed by atoms with Crippen molar-refractivity contribution in [2.75, 3.05) is 12.3 Å². The van der Waals surface area contributed by atoms with E-state index < -0.39 is 0 Å². The summed E-state index contributed by atoms with van der Waals surface area (Å²) >= 11 is 11.0. The molecule has 2 aromatic carbocycles. The van der Waals surface area contributed by atoms with Gasteiger partial charge in [-0.1, -0.05) is 59.4 Å². The predicted octanol–water partition coefficient (Wildman–Crippen LogP) is 6.36. The summed E-state index contributed by atoms with van der Waals surface area (Å²) < 4.78 is 0. The highest BCUT2D eigenvalue weighted by molar-refractivity contribution is 7.99. The third-order valence-electron chi connectivity index (χ3n) is 4.63. The van der Waals surface area contributed by atoms with E-state index in [0.717, 1.165) is 17.9 Å². The number of aromatic nitrogens is 2. The molecule has 1 heterocycles. The van der Waals surface area contributed by atoms with Crippen molar-refractivity contribution in [1.29, 1.82) is 0 Å². The predicted molar refractivity (Wildman–Crippen MR) is 141 cm³/mol. The lowest BCUT2D eigenvalue weighted by Gasteiger charge is -2.15. The molecular formula is C25H31N3S3. The normalized spacial score (nSPS) is 10.3. The number of thiocarbonyl (C=S) groups is 1. The highest BCUT2D eigenvalue weighted by Gasteiger charge is 2.10. The van der Waals surface area contributed by atoms with Crippen LogP contribution in [0.1, 0.15) is 38.9 Å². The molecule has 3 aromatic rings. The van der Waals surface area contributed by atoms with Crippen molar-refractivity contribution in [2.45, 2.75) is 51.3 Å². The van der Waals surface area contributed by atoms with Gasteiger partial charge in [0.2, 0.25) is 0 Å². The van der Waals surface area contributed by atoms with E-state index in [-0.39, 0.29) is 0 Å². The van der Waals surface area contributed by atoms with Crippen LogP contribution in [0.25, 0.3) is 0 Å². The van der Waals surface area contributed by atoms with Gasteiger partial charge in [-0.05, 0) is 63.8 Å². The number of aryl methyl sites for hydroxylation is 6. The highest BCUT2D eigenvalue weighted by Crippen LogP contribution is 2.37. The van der Waals surface area contributed by atoms with Gasteiger partial charge in [0.05, 0.1) is 0 Å². The van der Waals surface area contributed by atoms with E-state index in [0.29, 0.717) is 4.99 Å². The molecule has 3 nitrogen and oxygen atoms in total. The third-order valence-corrected chi connectivity index (χ3v) is 6.93. The lowest BCUT2D eigenvalue weighted by atomic mass is 10.1. The minimum Gasteiger partial charge on any atom is -0.375 e. The topological polar surface area (TPSA) is 37.8 Å². The summed E-state index contributed by atoms with van der Waals surface area (Å²) in [5.41, 5.74) is 9.04. The van der Waals surface area contributed by atoms with E-state index in [1.165, 1.54) is 49.5 Å². The maximum absolute atomic E-state index is 5.06. The second-order valence-corrected chi connectivity index (χ2v) is 9.54. The Balaban J connectivity index is 0.000000245. The summed E-state index contributed by atoms with van der Waals surface area (Å²) in [6.45, 7) is 13.9. The summed E-state index contributed by atoms with van der Waals surface area (Å²) in [6.07, 6.45) is 4.84. The van der Waals surface area contributed by atoms with Gasteiger partial charge < -0.3 is 5.32 Å². The Morgan fingerprint density at radius 1 is 0.839 bits per heavy atom. The molecule has 1 aromatic heterocycles. The molecule has 0 aliphatic rings. The van der Waals surface area contributed by atoms with E-state index >= 15 is 0 Å². The van der Waals surface area contributed by atoms with Crippen LogP contribution in [0.2, 0.25) is 0 Å². The smallest absolute Gasteiger partial charge is 0.115 e. The summed E-state index contributed by atoms with van der Waals surface area (Å²) in [4.78, 5) is 11.2. The molecular weight excluding hydrogens is 438 g/mol. The monoisotopic (exact) mass is 469 g/mol. The standard InChI is InChI=1S/C18H22S.C7H9N3S2/c1-11-7-13(3)17(14(4)8-11)19-18-15(5)9-12(2)10-16(18)6;11-2-1-10-7(12)6-3-8-5-9-4-6/h7-10H,1-6H3;3-5,11H,1-2H2,(H,10,12). The number of hydrogen-bond acceptors (Lipinski definition) is 5. The first-order valence-electron chi connectivity index (χ1n) is 10.2. The summed E-state index contributed by atoms with van der Waals surface area (Å²) in [5.74, 6) is 0.758. The number of rotatable bonds is 5. The third kappa shape index (κ3) is 7.63. The SMILES string of the molecule is Cc1cc(C)c(Sc2c(C)cc(C)cc2C)c(C)c1.S=C(NCCS)c1cncnc1. The van der Waals surface area contributed by atoms with Crippen molar-refractivity contribution in [3.8, 4) is 0 Å². The van der Waals surface area contributed by atoms with Crippen LogP contribution in [0.15, 0.2) is 52.8 Å². The molecule has 0 unspecified atom stereocenters. The van der Waals surface area contributed by atoms with Crippen LogP contribution in [0.5, 0.6) is 0 Å². The zero-order valence-electron chi connectivity index (χ0n) is 19.1. The second kappa shape index (κ2) is 12.2. The van der Waals surface area contributed by atoms with Crippen molar-refractivity contribution in [3.05, 3.63) is 81.9 Å². The molecule has 0 amide bonds. The van der Waals surface area contributed by atoms with E-state index in [1.807, 2.05) is 11.8 Å². The molecule has 0 saturated heterocycles. The molecule has 0 fully saturated rings. The van der Waals surface area contributed by atoms with Crippen LogP contribution in [0.4, 0.5) is 0 Å². The van der Waals surface area contributed by atoms with Crippen LogP contribution >= 0.6 is 36.6 Å². The maximum atomic E-state index is 5.06. The number of hydrogen-bond donors (Lipinski definition) is 2. The van der Waals surface area contributed by atoms with Crippen molar-refractivity contribution in [3.63, 3.8) is 0 Å². The van der Waals surface area contributed by atoms with Crippen LogP contribution in [-0.4, -0.2) is 27.3 Å². The quantitative estimate of drug-likeness (QED) is 0.336. The Labute approximate surface area is 201 Å². The molecule has 0 atom stereocenters. The lowest BCUT2D eigenvalue weighted by molar-refractivity contribution is 0.992. The Kier molecular flexibility index (Phi) is 10.0. The highest BCUT2D eigenvalue weighted by atomic mass is 32.2. The average molecular weight is 470 g/mol. The Morgan fingerprint density at radius 2 is 1.26 bits per heavy atom. The minimum absolute atomic E-state index is 0.671. The summed E-state index contributed by atoms with van der Waals surface area (Å²) in [5, 5.41) is 3.02. The van der Waals surface area contributed by atoms with Gasteiger partial charge in [-0.25, -0.2) is 9.97 Å². The number of thiol groups is 1. The first-order chi connectivity index (χ1) is 14.7. The fourth-order valence-corrected chi connectivity index (χ4v) is 4.85. The van der Waals surface area contributed by atoms with Crippen molar-refractivity contribution in [1.82, 2.24) is 15.3 Å². The van der Waals surface area contributed by atoms with Gasteiger partial charge in [0.15, 0.2) is 0 Å². The van der Waals surface area contributed by atoms with Crippen LogP contribution < -0.4 is 5.32 Å². The van der Waals surface area contributed by atoms with E-state index in [2.05, 4.69) is 93.7 Å². The summed E-state index contributed by atoms with van der Waals surface area (Å²) in [6, 6.07) is 9.09. The van der Waals surface area contributed by atoms with Crippen LogP contribution in [0.3, 0.4) is 0 Å². The second-order valence-electron chi connectivity index (χ2n) is 7.66. The molecule has 0 bridgehead atoms. The summed E-state index contributed by atoms with van der Waals surface area (Å²) in [7, 11) is 0. The van der Waals surface area contributed by atoms with Gasteiger partial charge >= 0.3 is 0 Å². The number of nitrogens with zero attached hydrogens (tertiary/aromatic N) is 2. The van der Waals surface area contributed by atoms with Crippen molar-refractivity contribution in [2.24, 2.45) is 0 Å². The molecule has 0 radical (unpaired) electrons. The van der Waals surface area contributed by atoms with Gasteiger partial charge in [-0.3, -0.25) is 0 Å². The van der Waals surface area contributed by atoms with Gasteiger partial charge in [0.1, 0.15) is 11.3 Å². The lowest BCUT2D eigenvalue weighted by Crippen LogP contribution is -2.24.